The Morgan fingerprint density at radius 2 is 1.77 bits per heavy atom. The number of hydrogen-bond acceptors (Lipinski definition) is 2. The van der Waals surface area contributed by atoms with Crippen molar-refractivity contribution in [1.82, 2.24) is 4.90 Å². The molecule has 1 fully saturated rings. The summed E-state index contributed by atoms with van der Waals surface area (Å²) in [6.45, 7) is 5.97. The van der Waals surface area contributed by atoms with Gasteiger partial charge in [0.25, 0.3) is 0 Å². The third-order valence-corrected chi connectivity index (χ3v) is 2.86. The Hall–Kier alpha value is -0.570. The second-order valence-electron chi connectivity index (χ2n) is 4.23. The van der Waals surface area contributed by atoms with Gasteiger partial charge in [0.05, 0.1) is 0 Å². The number of carbonyl (C=O) groups excluding carboxylic acids is 1. The summed E-state index contributed by atoms with van der Waals surface area (Å²) < 4.78 is 0. The average molecular weight is 185 g/mol. The summed E-state index contributed by atoms with van der Waals surface area (Å²) in [6.07, 6.45) is 2.10. The lowest BCUT2D eigenvalue weighted by Crippen LogP contribution is -2.50. The number of rotatable bonds is 1. The number of piperidine rings is 1. The molecule has 3 heteroatoms. The molecule has 0 spiro atoms. The molecule has 1 saturated heterocycles. The molecule has 0 aliphatic carbocycles. The highest BCUT2D eigenvalue weighted by molar-refractivity contribution is 5.77. The lowest BCUT2D eigenvalue weighted by Gasteiger charge is -2.41. The first kappa shape index (κ1) is 10.5. The van der Waals surface area contributed by atoms with E-state index in [2.05, 4.69) is 20.8 Å². The highest BCUT2D eigenvalue weighted by Crippen LogP contribution is 2.26. The first-order chi connectivity index (χ1) is 6.06. The monoisotopic (exact) mass is 185 g/mol. The molecule has 0 aromatic heterocycles. The zero-order valence-electron chi connectivity index (χ0n) is 8.66. The fourth-order valence-corrected chi connectivity index (χ4v) is 2.50. The van der Waals surface area contributed by atoms with Crippen LogP contribution in [0.25, 0.3) is 0 Å². The van der Waals surface area contributed by atoms with Crippen LogP contribution in [-0.2, 0) is 4.79 Å². The molecule has 1 amide bonds. The Labute approximate surface area is 79.7 Å². The Morgan fingerprint density at radius 1 is 1.31 bits per heavy atom. The second kappa shape index (κ2) is 4.09. The molecule has 1 aliphatic rings. The van der Waals surface area contributed by atoms with E-state index in [4.69, 9.17) is 5.11 Å². The van der Waals surface area contributed by atoms with E-state index in [9.17, 15) is 4.79 Å². The molecular weight excluding hydrogens is 166 g/mol. The molecule has 0 radical (unpaired) electrons. The molecule has 1 N–H and O–H groups in total. The fourth-order valence-electron chi connectivity index (χ4n) is 2.50. The fraction of sp³-hybridized carbons (Fsp3) is 0.900. The normalized spacial score (nSPS) is 34.8. The molecule has 3 nitrogen and oxygen atoms in total. The van der Waals surface area contributed by atoms with Crippen molar-refractivity contribution < 1.29 is 9.90 Å². The zero-order chi connectivity index (χ0) is 10.0. The minimum Gasteiger partial charge on any atom is -0.387 e. The molecular formula is C10H19NO2. The molecule has 1 rings (SSSR count). The first-order valence-electron chi connectivity index (χ1n) is 4.98. The van der Waals surface area contributed by atoms with Crippen molar-refractivity contribution in [2.24, 2.45) is 5.92 Å². The molecule has 76 valence electrons. The third-order valence-electron chi connectivity index (χ3n) is 2.86. The van der Waals surface area contributed by atoms with Crippen LogP contribution >= 0.6 is 0 Å². The maximum absolute atomic E-state index is 11.4. The van der Waals surface area contributed by atoms with Crippen LogP contribution in [0, 0.1) is 5.92 Å². The maximum atomic E-state index is 11.4. The summed E-state index contributed by atoms with van der Waals surface area (Å²) in [5, 5.41) is 8.80. The van der Waals surface area contributed by atoms with E-state index >= 15 is 0 Å². The van der Waals surface area contributed by atoms with Crippen LogP contribution in [0.1, 0.15) is 33.6 Å². The smallest absolute Gasteiger partial charge is 0.248 e. The number of amides is 1. The van der Waals surface area contributed by atoms with E-state index in [1.807, 2.05) is 4.90 Å². The van der Waals surface area contributed by atoms with Gasteiger partial charge in [-0.1, -0.05) is 6.92 Å². The lowest BCUT2D eigenvalue weighted by molar-refractivity contribution is -0.141. The molecule has 2 unspecified atom stereocenters. The van der Waals surface area contributed by atoms with Crippen molar-refractivity contribution in [3.8, 4) is 0 Å². The zero-order valence-corrected chi connectivity index (χ0v) is 8.66. The van der Waals surface area contributed by atoms with Gasteiger partial charge in [-0.15, -0.1) is 0 Å². The summed E-state index contributed by atoms with van der Waals surface area (Å²) in [5.74, 6) is 0.555. The van der Waals surface area contributed by atoms with E-state index in [-0.39, 0.29) is 24.6 Å². The summed E-state index contributed by atoms with van der Waals surface area (Å²) in [7, 11) is 0. The van der Waals surface area contributed by atoms with Gasteiger partial charge < -0.3 is 10.0 Å². The topological polar surface area (TPSA) is 40.5 Å². The molecule has 0 bridgehead atoms. The van der Waals surface area contributed by atoms with Crippen molar-refractivity contribution >= 4 is 5.91 Å². The number of carbonyl (C=O) groups is 1. The van der Waals surface area contributed by atoms with Crippen molar-refractivity contribution in [3.63, 3.8) is 0 Å². The van der Waals surface area contributed by atoms with Crippen molar-refractivity contribution in [2.45, 2.75) is 45.7 Å². The maximum Gasteiger partial charge on any atom is 0.248 e. The van der Waals surface area contributed by atoms with Crippen LogP contribution in [0.15, 0.2) is 0 Å². The van der Waals surface area contributed by atoms with Crippen LogP contribution in [-0.4, -0.2) is 34.6 Å². The van der Waals surface area contributed by atoms with E-state index in [1.165, 1.54) is 0 Å². The Balaban J connectivity index is 2.66. The second-order valence-corrected chi connectivity index (χ2v) is 4.23. The SMILES string of the molecule is CC1CC(C)N(C(=O)CO)C(C)C1. The minimum atomic E-state index is -0.358. The number of hydrogen-bond donors (Lipinski definition) is 1. The first-order valence-corrected chi connectivity index (χ1v) is 4.98. The standard InChI is InChI=1S/C10H19NO2/c1-7-4-8(2)11(9(3)5-7)10(13)6-12/h7-9,12H,4-6H2,1-3H3. The molecule has 1 aliphatic heterocycles. The molecule has 1 heterocycles. The number of aliphatic hydroxyl groups is 1. The summed E-state index contributed by atoms with van der Waals surface area (Å²) in [5.41, 5.74) is 0. The van der Waals surface area contributed by atoms with Crippen LogP contribution in [0.4, 0.5) is 0 Å². The number of nitrogens with zero attached hydrogens (tertiary/aromatic N) is 1. The lowest BCUT2D eigenvalue weighted by atomic mass is 9.88. The summed E-state index contributed by atoms with van der Waals surface area (Å²) in [4.78, 5) is 13.2. The minimum absolute atomic E-state index is 0.132. The van der Waals surface area contributed by atoms with Crippen molar-refractivity contribution in [3.05, 3.63) is 0 Å². The largest absolute Gasteiger partial charge is 0.387 e. The van der Waals surface area contributed by atoms with Crippen molar-refractivity contribution in [2.75, 3.05) is 6.61 Å². The summed E-state index contributed by atoms with van der Waals surface area (Å²) >= 11 is 0. The van der Waals surface area contributed by atoms with Gasteiger partial charge in [0.2, 0.25) is 5.91 Å². The molecule has 0 aromatic rings. The van der Waals surface area contributed by atoms with E-state index in [0.717, 1.165) is 12.8 Å². The predicted molar refractivity (Wildman–Crippen MR) is 51.3 cm³/mol. The van der Waals surface area contributed by atoms with Gasteiger partial charge >= 0.3 is 0 Å². The number of likely N-dealkylation sites (tertiary alicyclic amines) is 1. The van der Waals surface area contributed by atoms with E-state index < -0.39 is 0 Å². The van der Waals surface area contributed by atoms with Gasteiger partial charge in [-0.05, 0) is 32.6 Å². The highest BCUT2D eigenvalue weighted by atomic mass is 16.3. The van der Waals surface area contributed by atoms with Gasteiger partial charge in [0.15, 0.2) is 0 Å². The third kappa shape index (κ3) is 2.21. The number of aliphatic hydroxyl groups excluding tert-OH is 1. The average Bonchev–Trinajstić information content (AvgIpc) is 2.02. The van der Waals surface area contributed by atoms with Gasteiger partial charge in [-0.3, -0.25) is 4.79 Å². The Kier molecular flexibility index (Phi) is 3.31. The molecule has 13 heavy (non-hydrogen) atoms. The summed E-state index contributed by atoms with van der Waals surface area (Å²) in [6, 6.07) is 0.553. The molecule has 0 saturated carbocycles. The molecule has 2 atom stereocenters. The van der Waals surface area contributed by atoms with Crippen LogP contribution in [0.3, 0.4) is 0 Å². The van der Waals surface area contributed by atoms with Gasteiger partial charge in [-0.2, -0.15) is 0 Å². The predicted octanol–water partition coefficient (Wildman–Crippen LogP) is 1.01. The molecule has 0 aromatic carbocycles. The van der Waals surface area contributed by atoms with Crippen LogP contribution < -0.4 is 0 Å². The Bertz CT molecular complexity index is 181. The van der Waals surface area contributed by atoms with Gasteiger partial charge in [0.1, 0.15) is 6.61 Å². The van der Waals surface area contributed by atoms with Gasteiger partial charge in [-0.25, -0.2) is 0 Å². The van der Waals surface area contributed by atoms with Crippen molar-refractivity contribution in [1.29, 1.82) is 0 Å². The van der Waals surface area contributed by atoms with Gasteiger partial charge in [0, 0.05) is 12.1 Å². The Morgan fingerprint density at radius 3 is 2.15 bits per heavy atom. The highest BCUT2D eigenvalue weighted by Gasteiger charge is 2.31. The van der Waals surface area contributed by atoms with E-state index in [0.29, 0.717) is 5.92 Å². The van der Waals surface area contributed by atoms with Crippen LogP contribution in [0.2, 0.25) is 0 Å². The quantitative estimate of drug-likeness (QED) is 0.662. The van der Waals surface area contributed by atoms with E-state index in [1.54, 1.807) is 0 Å². The van der Waals surface area contributed by atoms with Crippen LogP contribution in [0.5, 0.6) is 0 Å².